The molecule has 0 aliphatic carbocycles. The molecule has 1 fully saturated rings. The van der Waals surface area contributed by atoms with Gasteiger partial charge in [0.25, 0.3) is 11.8 Å². The monoisotopic (exact) mass is 355 g/mol. The van der Waals surface area contributed by atoms with Crippen LogP contribution in [0.5, 0.6) is 5.75 Å². The SMILES string of the molecule is CCCCC1CCCN1C(=O)COc1cc(C(N)=O)nc2ccccc12. The van der Waals surface area contributed by atoms with Gasteiger partial charge in [0.05, 0.1) is 5.52 Å². The van der Waals surface area contributed by atoms with E-state index < -0.39 is 5.91 Å². The zero-order valence-electron chi connectivity index (χ0n) is 15.1. The van der Waals surface area contributed by atoms with Gasteiger partial charge in [0.2, 0.25) is 0 Å². The first-order chi connectivity index (χ1) is 12.6. The predicted octanol–water partition coefficient (Wildman–Crippen LogP) is 2.89. The quantitative estimate of drug-likeness (QED) is 0.827. The summed E-state index contributed by atoms with van der Waals surface area (Å²) >= 11 is 0. The number of carbonyl (C=O) groups excluding carboxylic acids is 2. The number of aromatic nitrogens is 1. The summed E-state index contributed by atoms with van der Waals surface area (Å²) in [5, 5.41) is 0.759. The molecule has 0 saturated carbocycles. The van der Waals surface area contributed by atoms with E-state index in [1.54, 1.807) is 6.07 Å². The first kappa shape index (κ1) is 18.2. The normalized spacial score (nSPS) is 16.8. The molecule has 2 aromatic rings. The van der Waals surface area contributed by atoms with Crippen molar-refractivity contribution in [3.8, 4) is 5.75 Å². The summed E-state index contributed by atoms with van der Waals surface area (Å²) in [6.07, 6.45) is 5.42. The molecule has 1 aromatic carbocycles. The molecule has 2 N–H and O–H groups in total. The lowest BCUT2D eigenvalue weighted by molar-refractivity contribution is -0.134. The van der Waals surface area contributed by atoms with Gasteiger partial charge in [-0.1, -0.05) is 31.9 Å². The molecule has 0 bridgehead atoms. The number of nitrogens with zero attached hydrogens (tertiary/aromatic N) is 2. The van der Waals surface area contributed by atoms with Crippen molar-refractivity contribution in [3.05, 3.63) is 36.0 Å². The number of ether oxygens (including phenoxy) is 1. The summed E-state index contributed by atoms with van der Waals surface area (Å²) < 4.78 is 5.80. The Kier molecular flexibility index (Phi) is 5.71. The Bertz CT molecular complexity index is 806. The van der Waals surface area contributed by atoms with E-state index in [4.69, 9.17) is 10.5 Å². The molecule has 26 heavy (non-hydrogen) atoms. The number of benzene rings is 1. The fourth-order valence-electron chi connectivity index (χ4n) is 3.52. The molecule has 1 unspecified atom stereocenters. The maximum Gasteiger partial charge on any atom is 0.267 e. The van der Waals surface area contributed by atoms with Gasteiger partial charge in [-0.15, -0.1) is 0 Å². The zero-order chi connectivity index (χ0) is 18.5. The minimum Gasteiger partial charge on any atom is -0.483 e. The van der Waals surface area contributed by atoms with Crippen molar-refractivity contribution in [2.75, 3.05) is 13.2 Å². The molecule has 0 spiro atoms. The van der Waals surface area contributed by atoms with Crippen LogP contribution in [0.4, 0.5) is 0 Å². The number of hydrogen-bond acceptors (Lipinski definition) is 4. The number of primary amides is 1. The van der Waals surface area contributed by atoms with Crippen LogP contribution < -0.4 is 10.5 Å². The molecule has 3 rings (SSSR count). The number of amides is 2. The van der Waals surface area contributed by atoms with Gasteiger partial charge in [0.1, 0.15) is 11.4 Å². The molecule has 138 valence electrons. The molecule has 1 saturated heterocycles. The third-order valence-corrected chi connectivity index (χ3v) is 4.87. The first-order valence-electron chi connectivity index (χ1n) is 9.22. The number of rotatable bonds is 7. The highest BCUT2D eigenvalue weighted by molar-refractivity contribution is 5.96. The molecule has 1 aromatic heterocycles. The third kappa shape index (κ3) is 3.95. The van der Waals surface area contributed by atoms with Crippen molar-refractivity contribution in [2.24, 2.45) is 5.73 Å². The van der Waals surface area contributed by atoms with Gasteiger partial charge in [-0.2, -0.15) is 0 Å². The number of unbranched alkanes of at least 4 members (excludes halogenated alkanes) is 1. The van der Waals surface area contributed by atoms with Gasteiger partial charge < -0.3 is 15.4 Å². The van der Waals surface area contributed by atoms with Crippen molar-refractivity contribution in [1.82, 2.24) is 9.88 Å². The maximum absolute atomic E-state index is 12.6. The van der Waals surface area contributed by atoms with Gasteiger partial charge in [-0.05, 0) is 31.4 Å². The molecule has 1 aliphatic rings. The summed E-state index contributed by atoms with van der Waals surface area (Å²) in [5.74, 6) is -0.168. The van der Waals surface area contributed by atoms with E-state index in [0.29, 0.717) is 17.3 Å². The fourth-order valence-corrected chi connectivity index (χ4v) is 3.52. The minimum atomic E-state index is -0.619. The average molecular weight is 355 g/mol. The van der Waals surface area contributed by atoms with Crippen molar-refractivity contribution < 1.29 is 14.3 Å². The number of nitrogens with two attached hydrogens (primary N) is 1. The second kappa shape index (κ2) is 8.17. The predicted molar refractivity (Wildman–Crippen MR) is 100 cm³/mol. The van der Waals surface area contributed by atoms with E-state index in [0.717, 1.165) is 44.0 Å². The van der Waals surface area contributed by atoms with Crippen LogP contribution in [0.2, 0.25) is 0 Å². The van der Waals surface area contributed by atoms with E-state index >= 15 is 0 Å². The Balaban J connectivity index is 1.74. The van der Waals surface area contributed by atoms with E-state index in [1.807, 2.05) is 23.1 Å². The number of para-hydroxylation sites is 1. The summed E-state index contributed by atoms with van der Waals surface area (Å²) in [5.41, 5.74) is 6.11. The van der Waals surface area contributed by atoms with Gasteiger partial charge in [-0.3, -0.25) is 9.59 Å². The molecule has 1 atom stereocenters. The van der Waals surface area contributed by atoms with Crippen molar-refractivity contribution in [2.45, 2.75) is 45.1 Å². The van der Waals surface area contributed by atoms with Gasteiger partial charge >= 0.3 is 0 Å². The smallest absolute Gasteiger partial charge is 0.267 e. The average Bonchev–Trinajstić information content (AvgIpc) is 3.12. The first-order valence-corrected chi connectivity index (χ1v) is 9.22. The summed E-state index contributed by atoms with van der Waals surface area (Å²) in [7, 11) is 0. The lowest BCUT2D eigenvalue weighted by atomic mass is 10.1. The molecular formula is C20H25N3O3. The van der Waals surface area contributed by atoms with Gasteiger partial charge in [0.15, 0.2) is 6.61 Å². The maximum atomic E-state index is 12.6. The van der Waals surface area contributed by atoms with Crippen LogP contribution in [0, 0.1) is 0 Å². The second-order valence-corrected chi connectivity index (χ2v) is 6.70. The number of pyridine rings is 1. The molecule has 0 radical (unpaired) electrons. The molecule has 2 amide bonds. The Morgan fingerprint density at radius 2 is 2.15 bits per heavy atom. The van der Waals surface area contributed by atoms with Crippen LogP contribution >= 0.6 is 0 Å². The topological polar surface area (TPSA) is 85.5 Å². The molecule has 1 aliphatic heterocycles. The number of fused-ring (bicyclic) bond motifs is 1. The molecule has 2 heterocycles. The Labute approximate surface area is 153 Å². The number of likely N-dealkylation sites (tertiary alicyclic amines) is 1. The number of carbonyl (C=O) groups is 2. The summed E-state index contributed by atoms with van der Waals surface area (Å²) in [6.45, 7) is 2.91. The van der Waals surface area contributed by atoms with E-state index in [-0.39, 0.29) is 18.2 Å². The van der Waals surface area contributed by atoms with Crippen molar-refractivity contribution >= 4 is 22.7 Å². The second-order valence-electron chi connectivity index (χ2n) is 6.70. The third-order valence-electron chi connectivity index (χ3n) is 4.87. The Morgan fingerprint density at radius 1 is 1.35 bits per heavy atom. The van der Waals surface area contributed by atoms with Crippen molar-refractivity contribution in [3.63, 3.8) is 0 Å². The fraction of sp³-hybridized carbons (Fsp3) is 0.450. The Morgan fingerprint density at radius 3 is 2.92 bits per heavy atom. The molecule has 6 nitrogen and oxygen atoms in total. The van der Waals surface area contributed by atoms with Crippen molar-refractivity contribution in [1.29, 1.82) is 0 Å². The van der Waals surface area contributed by atoms with Crippen LogP contribution in [0.1, 0.15) is 49.5 Å². The van der Waals surface area contributed by atoms with Crippen LogP contribution in [0.15, 0.2) is 30.3 Å². The minimum absolute atomic E-state index is 0.00915. The standard InChI is InChI=1S/C20H25N3O3/c1-2-3-7-14-8-6-11-23(14)19(24)13-26-18-12-17(20(21)25)22-16-10-5-4-9-15(16)18/h4-5,9-10,12,14H,2-3,6-8,11,13H2,1H3,(H2,21,25). The van der Waals surface area contributed by atoms with Crippen LogP contribution in [-0.2, 0) is 4.79 Å². The van der Waals surface area contributed by atoms with E-state index in [1.165, 1.54) is 6.07 Å². The highest BCUT2D eigenvalue weighted by Gasteiger charge is 2.28. The Hall–Kier alpha value is -2.63. The largest absolute Gasteiger partial charge is 0.483 e. The zero-order valence-corrected chi connectivity index (χ0v) is 15.1. The number of hydrogen-bond donors (Lipinski definition) is 1. The summed E-state index contributed by atoms with van der Waals surface area (Å²) in [6, 6.07) is 9.17. The lowest BCUT2D eigenvalue weighted by Crippen LogP contribution is -2.38. The van der Waals surface area contributed by atoms with Gasteiger partial charge in [0, 0.05) is 24.0 Å². The summed E-state index contributed by atoms with van der Waals surface area (Å²) in [4.78, 5) is 30.3. The molecule has 6 heteroatoms. The van der Waals surface area contributed by atoms with E-state index in [2.05, 4.69) is 11.9 Å². The van der Waals surface area contributed by atoms with Gasteiger partial charge in [-0.25, -0.2) is 4.98 Å². The highest BCUT2D eigenvalue weighted by Crippen LogP contribution is 2.26. The van der Waals surface area contributed by atoms with Crippen LogP contribution in [0.3, 0.4) is 0 Å². The van der Waals surface area contributed by atoms with Crippen LogP contribution in [0.25, 0.3) is 10.9 Å². The van der Waals surface area contributed by atoms with E-state index in [9.17, 15) is 9.59 Å². The highest BCUT2D eigenvalue weighted by atomic mass is 16.5. The lowest BCUT2D eigenvalue weighted by Gasteiger charge is -2.24. The van der Waals surface area contributed by atoms with Crippen LogP contribution in [-0.4, -0.2) is 40.9 Å². The molecular weight excluding hydrogens is 330 g/mol.